The molecule has 8 nitrogen and oxygen atoms in total. The third kappa shape index (κ3) is 3.14. The number of thiazole rings is 1. The Bertz CT molecular complexity index is 1220. The number of nitrogens with zero attached hydrogens (tertiary/aromatic N) is 4. The molecule has 5 rings (SSSR count). The maximum atomic E-state index is 12.2. The van der Waals surface area contributed by atoms with Crippen LogP contribution in [0.25, 0.3) is 4.96 Å². The molecule has 3 aromatic heterocycles. The first-order valence-electron chi connectivity index (χ1n) is 8.49. The monoisotopic (exact) mass is 414 g/mol. The molecule has 0 saturated carbocycles. The van der Waals surface area contributed by atoms with Gasteiger partial charge < -0.3 is 13.9 Å². The molecule has 1 aliphatic heterocycles. The Morgan fingerprint density at radius 1 is 1.29 bits per heavy atom. The molecule has 28 heavy (non-hydrogen) atoms. The average molecular weight is 414 g/mol. The lowest BCUT2D eigenvalue weighted by molar-refractivity contribution is 0.0686. The fourth-order valence-corrected chi connectivity index (χ4v) is 4.41. The minimum Gasteiger partial charge on any atom is -0.485 e. The van der Waals surface area contributed by atoms with Crippen molar-refractivity contribution in [1.29, 1.82) is 0 Å². The third-order valence-electron chi connectivity index (χ3n) is 4.18. The molecule has 4 aromatic rings. The van der Waals surface area contributed by atoms with Crippen molar-refractivity contribution >= 4 is 28.1 Å². The molecule has 1 aromatic carbocycles. The van der Waals surface area contributed by atoms with Crippen molar-refractivity contribution < 1.29 is 13.9 Å². The second-order valence-corrected chi connectivity index (χ2v) is 7.90. The van der Waals surface area contributed by atoms with Crippen molar-refractivity contribution in [2.24, 2.45) is 0 Å². The maximum Gasteiger partial charge on any atom is 0.277 e. The Balaban J connectivity index is 1.29. The zero-order chi connectivity index (χ0) is 19.1. The summed E-state index contributed by atoms with van der Waals surface area (Å²) >= 11 is 2.77. The molecular formula is C18H14N4O4S2. The van der Waals surface area contributed by atoms with Crippen molar-refractivity contribution in [3.63, 3.8) is 0 Å². The van der Waals surface area contributed by atoms with Gasteiger partial charge in [0.2, 0.25) is 6.10 Å². The van der Waals surface area contributed by atoms with E-state index in [1.165, 1.54) is 29.2 Å². The molecule has 0 N–H and O–H groups in total. The van der Waals surface area contributed by atoms with Crippen molar-refractivity contribution in [2.75, 3.05) is 6.61 Å². The Morgan fingerprint density at radius 2 is 2.14 bits per heavy atom. The van der Waals surface area contributed by atoms with Crippen LogP contribution in [0.3, 0.4) is 0 Å². The normalized spacial score (nSPS) is 15.8. The summed E-state index contributed by atoms with van der Waals surface area (Å²) in [5, 5.41) is 10.4. The quantitative estimate of drug-likeness (QED) is 0.470. The summed E-state index contributed by atoms with van der Waals surface area (Å²) in [6.07, 6.45) is -0.454. The van der Waals surface area contributed by atoms with Crippen LogP contribution in [-0.4, -0.2) is 26.2 Å². The fraction of sp³-hybridized carbons (Fsp3) is 0.222. The van der Waals surface area contributed by atoms with Crippen LogP contribution >= 0.6 is 23.1 Å². The van der Waals surface area contributed by atoms with Gasteiger partial charge in [-0.15, -0.1) is 21.5 Å². The lowest BCUT2D eigenvalue weighted by Crippen LogP contribution is -2.21. The molecule has 0 bridgehead atoms. The van der Waals surface area contributed by atoms with E-state index in [2.05, 4.69) is 15.2 Å². The highest BCUT2D eigenvalue weighted by atomic mass is 32.2. The van der Waals surface area contributed by atoms with E-state index < -0.39 is 6.10 Å². The SMILES string of the molecule is Cc1csc2nc(CSc3nnc([C@H]4COc5ccccc5O4)o3)cc(=O)n12. The number of aryl methyl sites for hydroxylation is 1. The summed E-state index contributed by atoms with van der Waals surface area (Å²) in [7, 11) is 0. The van der Waals surface area contributed by atoms with E-state index in [1.807, 2.05) is 36.6 Å². The van der Waals surface area contributed by atoms with E-state index in [-0.39, 0.29) is 5.56 Å². The van der Waals surface area contributed by atoms with Gasteiger partial charge in [-0.05, 0) is 19.1 Å². The van der Waals surface area contributed by atoms with E-state index in [1.54, 1.807) is 4.40 Å². The van der Waals surface area contributed by atoms with Crippen LogP contribution in [0.15, 0.2) is 50.1 Å². The number of para-hydroxylation sites is 2. The van der Waals surface area contributed by atoms with Crippen LogP contribution < -0.4 is 15.0 Å². The topological polar surface area (TPSA) is 91.8 Å². The first-order valence-corrected chi connectivity index (χ1v) is 10.4. The Morgan fingerprint density at radius 3 is 3.04 bits per heavy atom. The highest BCUT2D eigenvalue weighted by Gasteiger charge is 2.27. The van der Waals surface area contributed by atoms with Crippen LogP contribution in [0.5, 0.6) is 11.5 Å². The second kappa shape index (κ2) is 6.95. The van der Waals surface area contributed by atoms with Gasteiger partial charge in [0.15, 0.2) is 16.5 Å². The Kier molecular flexibility index (Phi) is 4.29. The van der Waals surface area contributed by atoms with Crippen molar-refractivity contribution in [1.82, 2.24) is 19.6 Å². The van der Waals surface area contributed by atoms with Gasteiger partial charge in [-0.2, -0.15) is 0 Å². The Hall–Kier alpha value is -2.85. The van der Waals surface area contributed by atoms with E-state index in [4.69, 9.17) is 13.9 Å². The molecule has 0 aliphatic carbocycles. The summed E-state index contributed by atoms with van der Waals surface area (Å²) in [4.78, 5) is 17.4. The highest BCUT2D eigenvalue weighted by Crippen LogP contribution is 2.36. The molecule has 0 saturated heterocycles. The van der Waals surface area contributed by atoms with Crippen LogP contribution in [0.4, 0.5) is 0 Å². The Labute approximate surface area is 167 Å². The molecule has 1 atom stereocenters. The molecule has 0 spiro atoms. The number of hydrogen-bond donors (Lipinski definition) is 0. The number of thioether (sulfide) groups is 1. The molecule has 142 valence electrons. The number of ether oxygens (including phenoxy) is 2. The molecule has 10 heteroatoms. The lowest BCUT2D eigenvalue weighted by atomic mass is 10.2. The number of benzene rings is 1. The summed E-state index contributed by atoms with van der Waals surface area (Å²) in [6.45, 7) is 2.19. The first-order chi connectivity index (χ1) is 13.7. The largest absolute Gasteiger partial charge is 0.485 e. The zero-order valence-corrected chi connectivity index (χ0v) is 16.3. The third-order valence-corrected chi connectivity index (χ3v) is 5.97. The van der Waals surface area contributed by atoms with Crippen LogP contribution in [0.2, 0.25) is 0 Å². The number of hydrogen-bond acceptors (Lipinski definition) is 9. The maximum absolute atomic E-state index is 12.2. The van der Waals surface area contributed by atoms with Gasteiger partial charge in [-0.1, -0.05) is 23.9 Å². The average Bonchev–Trinajstić information content (AvgIpc) is 3.33. The highest BCUT2D eigenvalue weighted by molar-refractivity contribution is 7.98. The van der Waals surface area contributed by atoms with E-state index >= 15 is 0 Å². The van der Waals surface area contributed by atoms with Crippen molar-refractivity contribution in [3.8, 4) is 11.5 Å². The molecule has 4 heterocycles. The van der Waals surface area contributed by atoms with Crippen LogP contribution in [0.1, 0.15) is 23.4 Å². The molecular weight excluding hydrogens is 400 g/mol. The zero-order valence-electron chi connectivity index (χ0n) is 14.7. The molecule has 0 fully saturated rings. The smallest absolute Gasteiger partial charge is 0.277 e. The number of fused-ring (bicyclic) bond motifs is 2. The van der Waals surface area contributed by atoms with E-state index in [0.29, 0.717) is 45.6 Å². The predicted octanol–water partition coefficient (Wildman–Crippen LogP) is 3.25. The van der Waals surface area contributed by atoms with Gasteiger partial charge in [0, 0.05) is 22.9 Å². The first kappa shape index (κ1) is 17.3. The van der Waals surface area contributed by atoms with Gasteiger partial charge in [0.05, 0.1) is 5.69 Å². The molecule has 0 amide bonds. The van der Waals surface area contributed by atoms with E-state index in [9.17, 15) is 4.79 Å². The minimum absolute atomic E-state index is 0.0861. The summed E-state index contributed by atoms with van der Waals surface area (Å²) < 4.78 is 18.9. The van der Waals surface area contributed by atoms with Crippen LogP contribution in [0, 0.1) is 6.92 Å². The predicted molar refractivity (Wildman–Crippen MR) is 103 cm³/mol. The second-order valence-electron chi connectivity index (χ2n) is 6.14. The van der Waals surface area contributed by atoms with Gasteiger partial charge >= 0.3 is 0 Å². The molecule has 0 radical (unpaired) electrons. The van der Waals surface area contributed by atoms with Crippen LogP contribution in [-0.2, 0) is 5.75 Å². The van der Waals surface area contributed by atoms with E-state index in [0.717, 1.165) is 5.69 Å². The summed E-state index contributed by atoms with van der Waals surface area (Å²) in [5.41, 5.74) is 1.47. The minimum atomic E-state index is -0.454. The van der Waals surface area contributed by atoms with Gasteiger partial charge in [0.25, 0.3) is 16.7 Å². The van der Waals surface area contributed by atoms with Crippen molar-refractivity contribution in [2.45, 2.75) is 24.0 Å². The van der Waals surface area contributed by atoms with Gasteiger partial charge in [-0.25, -0.2) is 4.98 Å². The number of aromatic nitrogens is 4. The van der Waals surface area contributed by atoms with Gasteiger partial charge in [-0.3, -0.25) is 9.20 Å². The summed E-state index contributed by atoms with van der Waals surface area (Å²) in [6, 6.07) is 8.98. The number of rotatable bonds is 4. The molecule has 1 aliphatic rings. The van der Waals surface area contributed by atoms with Crippen molar-refractivity contribution in [3.05, 3.63) is 63.3 Å². The standard InChI is InChI=1S/C18H14N4O4S2/c1-10-8-27-17-19-11(6-15(23)22(10)17)9-28-18-21-20-16(26-18)14-7-24-12-4-2-3-5-13(12)25-14/h2-6,8,14H,7,9H2,1H3/t14-/m1/s1. The van der Waals surface area contributed by atoms with Gasteiger partial charge in [0.1, 0.15) is 6.61 Å². The molecule has 0 unspecified atom stereocenters. The summed E-state index contributed by atoms with van der Waals surface area (Å²) in [5.74, 6) is 2.16. The fourth-order valence-electron chi connectivity index (χ4n) is 2.86. The lowest BCUT2D eigenvalue weighted by Gasteiger charge is -2.23.